The molecule has 9 rings (SSSR count). The van der Waals surface area contributed by atoms with Gasteiger partial charge in [0.2, 0.25) is 11.8 Å². The van der Waals surface area contributed by atoms with E-state index in [0.717, 1.165) is 50.0 Å². The second kappa shape index (κ2) is 15.7. The highest BCUT2D eigenvalue weighted by molar-refractivity contribution is 6.25. The first-order valence-corrected chi connectivity index (χ1v) is 20.2. The summed E-state index contributed by atoms with van der Waals surface area (Å²) in [5.74, 6) is -1.63. The molecule has 1 atom stereocenters. The summed E-state index contributed by atoms with van der Waals surface area (Å²) >= 11 is 0. The number of nitrogens with one attached hydrogen (secondary N) is 3. The fourth-order valence-electron chi connectivity index (χ4n) is 9.10. The average Bonchev–Trinajstić information content (AvgIpc) is 3.91. The van der Waals surface area contributed by atoms with Crippen LogP contribution in [0.2, 0.25) is 0 Å². The number of carbonyl (C=O) groups excluding carboxylic acids is 5. The lowest BCUT2D eigenvalue weighted by Crippen LogP contribution is -2.54. The van der Waals surface area contributed by atoms with E-state index in [4.69, 9.17) is 4.74 Å². The number of morpholine rings is 1. The number of imide groups is 2. The molecule has 1 aromatic carbocycles. The molecule has 310 valence electrons. The Kier molecular flexibility index (Phi) is 10.3. The fourth-order valence-corrected chi connectivity index (χ4v) is 9.10. The third kappa shape index (κ3) is 7.41. The molecule has 1 unspecified atom stereocenters. The highest BCUT2D eigenvalue weighted by Crippen LogP contribution is 2.38. The van der Waals surface area contributed by atoms with Gasteiger partial charge in [-0.25, -0.2) is 18.3 Å². The van der Waals surface area contributed by atoms with Gasteiger partial charge in [-0.2, -0.15) is 10.2 Å². The smallest absolute Gasteiger partial charge is 0.284 e. The van der Waals surface area contributed by atoms with Gasteiger partial charge in [-0.15, -0.1) is 0 Å². The number of hydrogen-bond acceptors (Lipinski definition) is 12. The Bertz CT molecular complexity index is 2310. The number of halogens is 2. The SMILES string of the molecule is CN(C[C@H]1CC[C@H](n2cc(NC(=O)c3cnn4ccc(N5CCOCC5)nc34)c(C(F)F)n2)CC1)[C@H]1C[C@H](Nc2cccc3c2C(=O)N(C2CCC(=O)NC2=O)C3=O)C1. The molecule has 0 spiro atoms. The molecule has 2 saturated carbocycles. The van der Waals surface area contributed by atoms with Crippen molar-refractivity contribution in [3.05, 3.63) is 65.2 Å². The van der Waals surface area contributed by atoms with Crippen molar-refractivity contribution in [2.24, 2.45) is 5.92 Å². The Morgan fingerprint density at radius 3 is 2.54 bits per heavy atom. The molecule has 2 aliphatic carbocycles. The maximum Gasteiger partial charge on any atom is 0.284 e. The number of alkyl halides is 2. The molecular formula is C40H45F2N11O6. The average molecular weight is 814 g/mol. The molecule has 3 N–H and O–H groups in total. The standard InChI is InChI=1S/C40H45F2N11O6/c1-49(25-17-23(18-25)44-28-4-2-3-26-33(28)40(58)53(39(26)57)30-9-10-32(54)47-38(30)56)20-22-5-7-24(8-6-22)52-21-29(34(48-52)35(41)42)45-37(55)27-19-43-51-12-11-31(46-36(27)51)50-13-15-59-16-14-50/h2-4,11-12,19,21-25,30,35,44H,5-10,13-18,20H2,1H3,(H,45,55)(H,47,54,56)/t22-,23-,24-,25-,30?. The Hall–Kier alpha value is -5.82. The Labute approximate surface area is 337 Å². The molecule has 59 heavy (non-hydrogen) atoms. The summed E-state index contributed by atoms with van der Waals surface area (Å²) < 4.78 is 37.0. The lowest BCUT2D eigenvalue weighted by atomic mass is 9.82. The second-order valence-electron chi connectivity index (χ2n) is 16.1. The Morgan fingerprint density at radius 1 is 1.02 bits per heavy atom. The summed E-state index contributed by atoms with van der Waals surface area (Å²) in [6.45, 7) is 3.36. The number of hydrogen-bond donors (Lipinski definition) is 3. The molecular weight excluding hydrogens is 769 g/mol. The first kappa shape index (κ1) is 38.7. The number of piperidine rings is 1. The largest absolute Gasteiger partial charge is 0.382 e. The lowest BCUT2D eigenvalue weighted by Gasteiger charge is -2.44. The summed E-state index contributed by atoms with van der Waals surface area (Å²) in [7, 11) is 2.10. The van der Waals surface area contributed by atoms with E-state index in [1.165, 1.54) is 16.9 Å². The van der Waals surface area contributed by atoms with Gasteiger partial charge >= 0.3 is 0 Å². The summed E-state index contributed by atoms with van der Waals surface area (Å²) in [5, 5.41) is 16.8. The van der Waals surface area contributed by atoms with Crippen molar-refractivity contribution in [3.63, 3.8) is 0 Å². The molecule has 3 aromatic heterocycles. The van der Waals surface area contributed by atoms with Crippen LogP contribution in [0.3, 0.4) is 0 Å². The topological polar surface area (TPSA) is 188 Å². The maximum absolute atomic E-state index is 14.2. The quantitative estimate of drug-likeness (QED) is 0.187. The molecule has 3 aliphatic heterocycles. The van der Waals surface area contributed by atoms with Gasteiger partial charge in [-0.05, 0) is 76.1 Å². The Morgan fingerprint density at radius 2 is 1.80 bits per heavy atom. The minimum absolute atomic E-state index is 0.0354. The van der Waals surface area contributed by atoms with Gasteiger partial charge in [0.05, 0.1) is 42.3 Å². The number of nitrogens with zero attached hydrogens (tertiary/aromatic N) is 8. The molecule has 4 aromatic rings. The van der Waals surface area contributed by atoms with Crippen molar-refractivity contribution in [3.8, 4) is 0 Å². The van der Waals surface area contributed by atoms with Crippen LogP contribution in [0.25, 0.3) is 5.65 Å². The van der Waals surface area contributed by atoms with Crippen LogP contribution >= 0.6 is 0 Å². The van der Waals surface area contributed by atoms with Gasteiger partial charge in [0.1, 0.15) is 17.4 Å². The first-order valence-electron chi connectivity index (χ1n) is 20.2. The van der Waals surface area contributed by atoms with Crippen molar-refractivity contribution in [2.45, 2.75) is 82.0 Å². The molecule has 5 aliphatic rings. The van der Waals surface area contributed by atoms with E-state index in [1.54, 1.807) is 29.1 Å². The zero-order chi connectivity index (χ0) is 40.9. The van der Waals surface area contributed by atoms with Crippen LogP contribution in [-0.2, 0) is 14.3 Å². The van der Waals surface area contributed by atoms with Crippen molar-refractivity contribution < 1.29 is 37.5 Å². The van der Waals surface area contributed by atoms with Crippen LogP contribution in [0.1, 0.15) is 101 Å². The minimum atomic E-state index is -2.88. The third-order valence-corrected chi connectivity index (χ3v) is 12.5. The number of benzene rings is 1. The second-order valence-corrected chi connectivity index (χ2v) is 16.1. The van der Waals surface area contributed by atoms with E-state index in [2.05, 4.69) is 48.0 Å². The molecule has 17 nitrogen and oxygen atoms in total. The first-order chi connectivity index (χ1) is 28.5. The van der Waals surface area contributed by atoms with Gasteiger partial charge in [-0.1, -0.05) is 6.07 Å². The van der Waals surface area contributed by atoms with Crippen LogP contribution in [0.15, 0.2) is 42.9 Å². The number of fused-ring (bicyclic) bond motifs is 2. The Balaban J connectivity index is 0.774. The number of carbonyl (C=O) groups is 5. The molecule has 5 amide bonds. The number of aromatic nitrogens is 5. The number of rotatable bonds is 11. The summed E-state index contributed by atoms with van der Waals surface area (Å²) in [4.78, 5) is 74.4. The number of anilines is 3. The minimum Gasteiger partial charge on any atom is -0.382 e. The molecule has 19 heteroatoms. The molecule has 0 bridgehead atoms. The molecule has 2 saturated heterocycles. The number of ether oxygens (including phenoxy) is 1. The van der Waals surface area contributed by atoms with E-state index in [-0.39, 0.29) is 47.3 Å². The van der Waals surface area contributed by atoms with E-state index < -0.39 is 47.7 Å². The maximum atomic E-state index is 14.2. The van der Waals surface area contributed by atoms with Crippen molar-refractivity contribution in [2.75, 3.05) is 55.4 Å². The predicted octanol–water partition coefficient (Wildman–Crippen LogP) is 3.66. The highest BCUT2D eigenvalue weighted by Gasteiger charge is 2.46. The van der Waals surface area contributed by atoms with Crippen LogP contribution in [0.4, 0.5) is 26.0 Å². The monoisotopic (exact) mass is 813 g/mol. The van der Waals surface area contributed by atoms with Crippen LogP contribution in [0.5, 0.6) is 0 Å². The van der Waals surface area contributed by atoms with Gasteiger partial charge in [0.15, 0.2) is 11.3 Å². The number of amides is 5. The van der Waals surface area contributed by atoms with Gasteiger partial charge < -0.3 is 25.2 Å². The third-order valence-electron chi connectivity index (χ3n) is 12.5. The molecule has 6 heterocycles. The van der Waals surface area contributed by atoms with Crippen LogP contribution in [0, 0.1) is 5.92 Å². The highest BCUT2D eigenvalue weighted by atomic mass is 19.3. The lowest BCUT2D eigenvalue weighted by molar-refractivity contribution is -0.136. The zero-order valence-corrected chi connectivity index (χ0v) is 32.5. The van der Waals surface area contributed by atoms with Gasteiger partial charge in [0, 0.05) is 56.2 Å². The van der Waals surface area contributed by atoms with E-state index >= 15 is 0 Å². The normalized spacial score (nSPS) is 24.8. The van der Waals surface area contributed by atoms with Gasteiger partial charge in [0.25, 0.3) is 24.1 Å². The van der Waals surface area contributed by atoms with Crippen molar-refractivity contribution in [1.82, 2.24) is 39.5 Å². The molecule has 4 fully saturated rings. The van der Waals surface area contributed by atoms with E-state index in [1.807, 2.05) is 6.07 Å². The molecule has 0 radical (unpaired) electrons. The van der Waals surface area contributed by atoms with Crippen LogP contribution in [-0.4, -0.2) is 122 Å². The predicted molar refractivity (Wildman–Crippen MR) is 208 cm³/mol. The fraction of sp³-hybridized carbons (Fsp3) is 0.500. The van der Waals surface area contributed by atoms with Crippen LogP contribution < -0.4 is 20.9 Å². The van der Waals surface area contributed by atoms with Gasteiger partial charge in [-0.3, -0.25) is 38.9 Å². The summed E-state index contributed by atoms with van der Waals surface area (Å²) in [6.07, 6.45) is 6.87. The van der Waals surface area contributed by atoms with Crippen molar-refractivity contribution in [1.29, 1.82) is 0 Å². The van der Waals surface area contributed by atoms with Crippen molar-refractivity contribution >= 4 is 52.4 Å². The van der Waals surface area contributed by atoms with E-state index in [0.29, 0.717) is 55.4 Å². The summed E-state index contributed by atoms with van der Waals surface area (Å²) in [5.41, 5.74) is 1.03. The summed E-state index contributed by atoms with van der Waals surface area (Å²) in [6, 6.07) is 6.20. The zero-order valence-electron chi connectivity index (χ0n) is 32.5. The van der Waals surface area contributed by atoms with E-state index in [9.17, 15) is 32.8 Å².